The number of anilines is 1. The van der Waals surface area contributed by atoms with E-state index < -0.39 is 0 Å². The highest BCUT2D eigenvalue weighted by atomic mass is 32.2. The molecule has 0 aliphatic carbocycles. The first-order chi connectivity index (χ1) is 11.0. The number of aliphatic hydroxyl groups is 1. The van der Waals surface area contributed by atoms with Crippen molar-refractivity contribution in [3.63, 3.8) is 0 Å². The Morgan fingerprint density at radius 1 is 1.09 bits per heavy atom. The number of nitrogen functional groups attached to an aromatic ring is 1. The molecule has 7 nitrogen and oxygen atoms in total. The Labute approximate surface area is 136 Å². The highest BCUT2D eigenvalue weighted by Crippen LogP contribution is 2.38. The molecule has 0 aliphatic rings. The number of benzene rings is 1. The van der Waals surface area contributed by atoms with Gasteiger partial charge in [0.2, 0.25) is 0 Å². The van der Waals surface area contributed by atoms with Crippen LogP contribution < -0.4 is 5.73 Å². The van der Waals surface area contributed by atoms with Gasteiger partial charge in [0, 0.05) is 17.4 Å². The van der Waals surface area contributed by atoms with Crippen LogP contribution in [0.15, 0.2) is 23.2 Å². The molecule has 1 heterocycles. The Balaban J connectivity index is 2.81. The lowest BCUT2D eigenvalue weighted by molar-refractivity contribution is 0.322. The lowest BCUT2D eigenvalue weighted by Crippen LogP contribution is -2.04. The van der Waals surface area contributed by atoms with E-state index in [1.165, 1.54) is 12.1 Å². The van der Waals surface area contributed by atoms with E-state index in [1.54, 1.807) is 0 Å². The van der Waals surface area contributed by atoms with Gasteiger partial charge in [-0.3, -0.25) is 0 Å². The minimum absolute atomic E-state index is 0.0140. The summed E-state index contributed by atoms with van der Waals surface area (Å²) in [4.78, 5) is 4.04. The number of nitrogens with zero attached hydrogens (tertiary/aromatic N) is 3. The molecule has 23 heavy (non-hydrogen) atoms. The quantitative estimate of drug-likeness (QED) is 0.618. The van der Waals surface area contributed by atoms with Crippen molar-refractivity contribution in [3.05, 3.63) is 29.3 Å². The van der Waals surface area contributed by atoms with Gasteiger partial charge >= 0.3 is 0 Å². The number of nitriles is 2. The number of hydrogen-bond acceptors (Lipinski definition) is 8. The van der Waals surface area contributed by atoms with Crippen LogP contribution in [0.25, 0.3) is 11.1 Å². The maximum absolute atomic E-state index is 9.65. The van der Waals surface area contributed by atoms with Gasteiger partial charge in [0.1, 0.15) is 40.0 Å². The van der Waals surface area contributed by atoms with Gasteiger partial charge in [0.15, 0.2) is 0 Å². The molecule has 0 atom stereocenters. The van der Waals surface area contributed by atoms with Crippen LogP contribution in [0.1, 0.15) is 11.1 Å². The summed E-state index contributed by atoms with van der Waals surface area (Å²) in [6.07, 6.45) is 0. The molecule has 1 aromatic carbocycles. The minimum atomic E-state index is -0.215. The largest absolute Gasteiger partial charge is 0.508 e. The number of thioether (sulfide) groups is 1. The molecular weight excluding hydrogens is 316 g/mol. The molecule has 116 valence electrons. The predicted molar refractivity (Wildman–Crippen MR) is 84.7 cm³/mol. The van der Waals surface area contributed by atoms with Crippen LogP contribution in [0.5, 0.6) is 11.5 Å². The Bertz CT molecular complexity index is 820. The number of phenolic OH excluding ortho intramolecular Hbond substituents is 2. The number of phenols is 2. The Morgan fingerprint density at radius 2 is 1.70 bits per heavy atom. The van der Waals surface area contributed by atoms with Crippen LogP contribution in [0.3, 0.4) is 0 Å². The number of aromatic hydroxyl groups is 2. The summed E-state index contributed by atoms with van der Waals surface area (Å²) in [5.74, 6) is -0.192. The molecule has 0 amide bonds. The molecule has 8 heteroatoms. The summed E-state index contributed by atoms with van der Waals surface area (Å²) in [7, 11) is 0. The van der Waals surface area contributed by atoms with Crippen molar-refractivity contribution >= 4 is 17.6 Å². The van der Waals surface area contributed by atoms with Crippen LogP contribution in [-0.4, -0.2) is 32.7 Å². The van der Waals surface area contributed by atoms with E-state index in [9.17, 15) is 20.7 Å². The zero-order valence-corrected chi connectivity index (χ0v) is 12.6. The first kappa shape index (κ1) is 16.4. The van der Waals surface area contributed by atoms with Crippen molar-refractivity contribution in [1.82, 2.24) is 4.98 Å². The number of pyridine rings is 1. The molecule has 2 rings (SSSR count). The van der Waals surface area contributed by atoms with E-state index in [1.807, 2.05) is 12.1 Å². The van der Waals surface area contributed by atoms with E-state index in [4.69, 9.17) is 10.8 Å². The predicted octanol–water partition coefficient (Wildman–Crippen LogP) is 1.57. The van der Waals surface area contributed by atoms with Crippen molar-refractivity contribution in [3.8, 4) is 34.8 Å². The van der Waals surface area contributed by atoms with Crippen molar-refractivity contribution in [2.45, 2.75) is 5.03 Å². The molecule has 1 aromatic heterocycles. The highest BCUT2D eigenvalue weighted by Gasteiger charge is 2.21. The third-order valence-electron chi connectivity index (χ3n) is 2.94. The summed E-state index contributed by atoms with van der Waals surface area (Å²) in [5, 5.41) is 47.3. The first-order valence-corrected chi connectivity index (χ1v) is 7.41. The number of aromatic nitrogens is 1. The van der Waals surface area contributed by atoms with Crippen LogP contribution in [0.4, 0.5) is 5.82 Å². The summed E-state index contributed by atoms with van der Waals surface area (Å²) >= 11 is 1.12. The van der Waals surface area contributed by atoms with Crippen LogP contribution in [0, 0.1) is 22.7 Å². The van der Waals surface area contributed by atoms with E-state index in [0.29, 0.717) is 5.75 Å². The molecule has 0 saturated carbocycles. The van der Waals surface area contributed by atoms with Gasteiger partial charge in [-0.25, -0.2) is 4.98 Å². The van der Waals surface area contributed by atoms with Crippen LogP contribution in [0.2, 0.25) is 0 Å². The molecule has 0 fully saturated rings. The maximum atomic E-state index is 9.65. The topological polar surface area (TPSA) is 147 Å². The fourth-order valence-corrected chi connectivity index (χ4v) is 2.81. The molecule has 0 aliphatic heterocycles. The molecule has 0 saturated heterocycles. The van der Waals surface area contributed by atoms with E-state index >= 15 is 0 Å². The maximum Gasteiger partial charge on any atom is 0.143 e. The van der Waals surface area contributed by atoms with E-state index in [0.717, 1.165) is 17.8 Å². The van der Waals surface area contributed by atoms with E-state index in [-0.39, 0.29) is 51.2 Å². The van der Waals surface area contributed by atoms with Crippen molar-refractivity contribution in [2.24, 2.45) is 0 Å². The average molecular weight is 328 g/mol. The monoisotopic (exact) mass is 328 g/mol. The van der Waals surface area contributed by atoms with Crippen LogP contribution in [-0.2, 0) is 0 Å². The number of nitrogens with two attached hydrogens (primary N) is 1. The second-order valence-electron chi connectivity index (χ2n) is 4.46. The van der Waals surface area contributed by atoms with Gasteiger partial charge < -0.3 is 21.1 Å². The standard InChI is InChI=1S/C15H12N4O3S/c16-6-11-13(8-3-9(21)5-10(22)4-8)12(7-17)15(19-14(11)18)23-2-1-20/h3-5,20-22H,1-2H2,(H2,18,19). The van der Waals surface area contributed by atoms with Gasteiger partial charge in [0.05, 0.1) is 12.2 Å². The third-order valence-corrected chi connectivity index (χ3v) is 3.89. The second-order valence-corrected chi connectivity index (χ2v) is 5.54. The third kappa shape index (κ3) is 3.29. The molecule has 0 spiro atoms. The number of rotatable bonds is 4. The lowest BCUT2D eigenvalue weighted by Gasteiger charge is -2.13. The van der Waals surface area contributed by atoms with E-state index in [2.05, 4.69) is 4.98 Å². The van der Waals surface area contributed by atoms with Gasteiger partial charge in [0.25, 0.3) is 0 Å². The number of aliphatic hydroxyl groups excluding tert-OH is 1. The van der Waals surface area contributed by atoms with Gasteiger partial charge in [-0.05, 0) is 17.7 Å². The smallest absolute Gasteiger partial charge is 0.143 e. The molecular formula is C15H12N4O3S. The average Bonchev–Trinajstić information content (AvgIpc) is 2.51. The fraction of sp³-hybridized carbons (Fsp3) is 0.133. The van der Waals surface area contributed by atoms with Gasteiger partial charge in [-0.2, -0.15) is 10.5 Å². The highest BCUT2D eigenvalue weighted by molar-refractivity contribution is 7.99. The Kier molecular flexibility index (Phi) is 4.91. The number of hydrogen-bond donors (Lipinski definition) is 4. The molecule has 0 bridgehead atoms. The zero-order chi connectivity index (χ0) is 17.0. The molecule has 5 N–H and O–H groups in total. The van der Waals surface area contributed by atoms with Crippen molar-refractivity contribution in [1.29, 1.82) is 10.5 Å². The summed E-state index contributed by atoms with van der Waals surface area (Å²) in [6, 6.07) is 7.64. The van der Waals surface area contributed by atoms with Crippen molar-refractivity contribution in [2.75, 3.05) is 18.1 Å². The lowest BCUT2D eigenvalue weighted by atomic mass is 9.96. The molecule has 0 unspecified atom stereocenters. The summed E-state index contributed by atoms with van der Waals surface area (Å²) < 4.78 is 0. The fourth-order valence-electron chi connectivity index (χ4n) is 2.07. The summed E-state index contributed by atoms with van der Waals surface area (Å²) in [6.45, 7) is -0.112. The van der Waals surface area contributed by atoms with Crippen LogP contribution >= 0.6 is 11.8 Å². The second kappa shape index (κ2) is 6.88. The van der Waals surface area contributed by atoms with Gasteiger partial charge in [-0.1, -0.05) is 0 Å². The van der Waals surface area contributed by atoms with Crippen molar-refractivity contribution < 1.29 is 15.3 Å². The minimum Gasteiger partial charge on any atom is -0.508 e. The first-order valence-electron chi connectivity index (χ1n) is 6.42. The Hall–Kier alpha value is -2.94. The summed E-state index contributed by atoms with van der Waals surface area (Å²) in [5.41, 5.74) is 6.34. The molecule has 0 radical (unpaired) electrons. The zero-order valence-electron chi connectivity index (χ0n) is 11.8. The Morgan fingerprint density at radius 3 is 2.22 bits per heavy atom. The SMILES string of the molecule is N#Cc1c(N)nc(SCCO)c(C#N)c1-c1cc(O)cc(O)c1. The van der Waals surface area contributed by atoms with Gasteiger partial charge in [-0.15, -0.1) is 11.8 Å². The molecule has 2 aromatic rings. The normalized spacial score (nSPS) is 10.0.